The van der Waals surface area contributed by atoms with Crippen molar-refractivity contribution in [3.63, 3.8) is 0 Å². The van der Waals surface area contributed by atoms with Gasteiger partial charge >= 0.3 is 0 Å². The molecule has 0 saturated heterocycles. The summed E-state index contributed by atoms with van der Waals surface area (Å²) in [6.45, 7) is 0. The number of rotatable bonds is 3. The Hall–Kier alpha value is -1.63. The summed E-state index contributed by atoms with van der Waals surface area (Å²) in [6.07, 6.45) is 0. The first-order valence-electron chi connectivity index (χ1n) is 4.78. The molecule has 1 heterocycles. The van der Waals surface area contributed by atoms with E-state index >= 15 is 0 Å². The number of nitro benzene ring substituents is 1. The van der Waals surface area contributed by atoms with Crippen molar-refractivity contribution in [3.8, 4) is 11.5 Å². The van der Waals surface area contributed by atoms with Gasteiger partial charge in [-0.3, -0.25) is 10.1 Å². The average Bonchev–Trinajstić information content (AvgIpc) is 2.87. The number of non-ortho nitro benzene ring substituents is 1. The van der Waals surface area contributed by atoms with Gasteiger partial charge in [0.15, 0.2) is 0 Å². The summed E-state index contributed by atoms with van der Waals surface area (Å²) in [6, 6.07) is 5.74. The second-order valence-electron chi connectivity index (χ2n) is 3.29. The Labute approximate surface area is 121 Å². The van der Waals surface area contributed by atoms with E-state index < -0.39 is 4.92 Å². The number of nitro groups is 1. The third kappa shape index (κ3) is 3.04. The van der Waals surface area contributed by atoms with Gasteiger partial charge in [0.05, 0.1) is 4.92 Å². The molecule has 19 heavy (non-hydrogen) atoms. The fraction of sp³-hybridized carbons (Fsp3) is 0. The van der Waals surface area contributed by atoms with Crippen molar-refractivity contribution in [1.82, 2.24) is 10.2 Å². The molecular weight excluding hydrogens is 316 g/mol. The molecule has 0 bridgehead atoms. The first-order valence-corrected chi connectivity index (χ1v) is 5.92. The van der Waals surface area contributed by atoms with Crippen molar-refractivity contribution in [1.29, 1.82) is 0 Å². The number of benzene rings is 1. The fourth-order valence-electron chi connectivity index (χ4n) is 1.26. The molecule has 2 aromatic rings. The van der Waals surface area contributed by atoms with E-state index in [1.807, 2.05) is 0 Å². The predicted molar refractivity (Wildman–Crippen MR) is 70.9 cm³/mol. The van der Waals surface area contributed by atoms with Gasteiger partial charge in [-0.15, -0.1) is 10.2 Å². The topological polar surface area (TPSA) is 82.1 Å². The zero-order chi connectivity index (χ0) is 14.0. The molecule has 0 unspecified atom stereocenters. The molecule has 98 valence electrons. The van der Waals surface area contributed by atoms with Crippen molar-refractivity contribution < 1.29 is 9.34 Å². The van der Waals surface area contributed by atoms with Crippen LogP contribution in [0.2, 0.25) is 0 Å². The zero-order valence-corrected chi connectivity index (χ0v) is 11.3. The first kappa shape index (κ1) is 13.8. The van der Waals surface area contributed by atoms with Gasteiger partial charge in [0.1, 0.15) is 9.52 Å². The molecule has 0 aliphatic heterocycles. The number of hydrogen-bond acceptors (Lipinski definition) is 5. The highest BCUT2D eigenvalue weighted by Gasteiger charge is 2.15. The molecule has 0 amide bonds. The molecular formula is C10H4Cl3N3O3. The van der Waals surface area contributed by atoms with Crippen molar-refractivity contribution in [2.24, 2.45) is 0 Å². The lowest BCUT2D eigenvalue weighted by atomic mass is 10.2. The molecule has 0 aliphatic rings. The van der Waals surface area contributed by atoms with Crippen LogP contribution in [-0.2, 0) is 0 Å². The smallest absolute Gasteiger partial charge is 0.270 e. The van der Waals surface area contributed by atoms with Crippen LogP contribution >= 0.6 is 34.8 Å². The summed E-state index contributed by atoms with van der Waals surface area (Å²) in [5.41, 5.74) is 0.303. The predicted octanol–water partition coefficient (Wildman–Crippen LogP) is 3.99. The SMILES string of the molecule is O=[N+]([O-])c1cccc(-c2nnc(C(Cl)=C(Cl)Cl)o2)c1. The van der Waals surface area contributed by atoms with E-state index in [-0.39, 0.29) is 27.0 Å². The molecule has 0 fully saturated rings. The lowest BCUT2D eigenvalue weighted by Gasteiger charge is -1.95. The van der Waals surface area contributed by atoms with E-state index in [0.29, 0.717) is 5.56 Å². The molecule has 2 rings (SSSR count). The summed E-state index contributed by atoms with van der Waals surface area (Å²) < 4.78 is 5.01. The third-order valence-corrected chi connectivity index (χ3v) is 3.00. The molecule has 0 saturated carbocycles. The third-order valence-electron chi connectivity index (χ3n) is 2.08. The summed E-state index contributed by atoms with van der Waals surface area (Å²) >= 11 is 16.7. The van der Waals surface area contributed by atoms with E-state index in [1.165, 1.54) is 18.2 Å². The van der Waals surface area contributed by atoms with Gasteiger partial charge in [-0.05, 0) is 6.07 Å². The van der Waals surface area contributed by atoms with Crippen molar-refractivity contribution >= 4 is 45.5 Å². The number of nitrogens with zero attached hydrogens (tertiary/aromatic N) is 3. The van der Waals surface area contributed by atoms with Crippen molar-refractivity contribution in [2.45, 2.75) is 0 Å². The average molecular weight is 321 g/mol. The maximum Gasteiger partial charge on any atom is 0.270 e. The van der Waals surface area contributed by atoms with Gasteiger partial charge in [0.2, 0.25) is 5.89 Å². The maximum absolute atomic E-state index is 10.7. The Balaban J connectivity index is 2.41. The van der Waals surface area contributed by atoms with Gasteiger partial charge in [-0.2, -0.15) is 0 Å². The summed E-state index contributed by atoms with van der Waals surface area (Å²) in [5.74, 6) is 0.00889. The van der Waals surface area contributed by atoms with E-state index in [2.05, 4.69) is 10.2 Å². The molecule has 0 N–H and O–H groups in total. The molecule has 0 radical (unpaired) electrons. The largest absolute Gasteiger partial charge is 0.415 e. The molecule has 0 atom stereocenters. The Morgan fingerprint density at radius 3 is 2.63 bits per heavy atom. The highest BCUT2D eigenvalue weighted by atomic mass is 35.5. The molecule has 0 spiro atoms. The quantitative estimate of drug-likeness (QED) is 0.631. The van der Waals surface area contributed by atoms with E-state index in [0.717, 1.165) is 0 Å². The second-order valence-corrected chi connectivity index (χ2v) is 4.62. The van der Waals surface area contributed by atoms with E-state index in [1.54, 1.807) is 6.07 Å². The maximum atomic E-state index is 10.7. The van der Waals surface area contributed by atoms with E-state index in [4.69, 9.17) is 39.2 Å². The number of hydrogen-bond donors (Lipinski definition) is 0. The Morgan fingerprint density at radius 2 is 2.00 bits per heavy atom. The van der Waals surface area contributed by atoms with Crippen LogP contribution in [0.1, 0.15) is 5.89 Å². The van der Waals surface area contributed by atoms with E-state index in [9.17, 15) is 10.1 Å². The van der Waals surface area contributed by atoms with Gasteiger partial charge in [0, 0.05) is 17.7 Å². The normalized spacial score (nSPS) is 10.3. The minimum absolute atomic E-state index is 0.0665. The summed E-state index contributed by atoms with van der Waals surface area (Å²) in [7, 11) is 0. The van der Waals surface area contributed by atoms with Crippen LogP contribution in [0.3, 0.4) is 0 Å². The fourth-order valence-corrected chi connectivity index (χ4v) is 1.50. The minimum atomic E-state index is -0.525. The van der Waals surface area contributed by atoms with Gasteiger partial charge in [-0.1, -0.05) is 40.9 Å². The Morgan fingerprint density at radius 1 is 1.26 bits per heavy atom. The van der Waals surface area contributed by atoms with Gasteiger partial charge in [0.25, 0.3) is 11.6 Å². The monoisotopic (exact) mass is 319 g/mol. The standard InChI is InChI=1S/C10H4Cl3N3O3/c11-7(8(12)13)10-15-14-9(19-10)5-2-1-3-6(4-5)16(17)18/h1-4H. The van der Waals surface area contributed by atoms with Crippen LogP contribution in [0.4, 0.5) is 5.69 Å². The molecule has 6 nitrogen and oxygen atoms in total. The highest BCUT2D eigenvalue weighted by Crippen LogP contribution is 2.29. The molecule has 1 aromatic carbocycles. The number of aromatic nitrogens is 2. The van der Waals surface area contributed by atoms with Gasteiger partial charge < -0.3 is 4.42 Å². The van der Waals surface area contributed by atoms with Crippen molar-refractivity contribution in [3.05, 3.63) is 44.8 Å². The van der Waals surface area contributed by atoms with Crippen LogP contribution in [-0.4, -0.2) is 15.1 Å². The highest BCUT2D eigenvalue weighted by molar-refractivity contribution is 6.66. The van der Waals surface area contributed by atoms with Crippen LogP contribution < -0.4 is 0 Å². The lowest BCUT2D eigenvalue weighted by molar-refractivity contribution is -0.384. The van der Waals surface area contributed by atoms with Gasteiger partial charge in [-0.25, -0.2) is 0 Å². The zero-order valence-electron chi connectivity index (χ0n) is 9.01. The van der Waals surface area contributed by atoms with Crippen LogP contribution in [0.5, 0.6) is 0 Å². The van der Waals surface area contributed by atoms with Crippen LogP contribution in [0.15, 0.2) is 33.2 Å². The minimum Gasteiger partial charge on any atom is -0.415 e. The van der Waals surface area contributed by atoms with Crippen molar-refractivity contribution in [2.75, 3.05) is 0 Å². The molecule has 0 aliphatic carbocycles. The Kier molecular flexibility index (Phi) is 4.04. The Bertz CT molecular complexity index is 665. The first-order chi connectivity index (χ1) is 8.99. The molecule has 1 aromatic heterocycles. The summed E-state index contributed by atoms with van der Waals surface area (Å²) in [4.78, 5) is 10.1. The number of halogens is 3. The summed E-state index contributed by atoms with van der Waals surface area (Å²) in [5, 5.41) is 17.9. The van der Waals surface area contributed by atoms with Crippen LogP contribution in [0, 0.1) is 10.1 Å². The molecule has 9 heteroatoms. The second kappa shape index (κ2) is 5.56. The lowest BCUT2D eigenvalue weighted by Crippen LogP contribution is -1.88. The van der Waals surface area contributed by atoms with Crippen LogP contribution in [0.25, 0.3) is 16.5 Å².